The zero-order chi connectivity index (χ0) is 27.9. The largest absolute Gasteiger partial charge is 0.433 e. The van der Waals surface area contributed by atoms with Crippen LogP contribution in [0.25, 0.3) is 0 Å². The van der Waals surface area contributed by atoms with Gasteiger partial charge in [0.15, 0.2) is 0 Å². The number of nitrogens with zero attached hydrogens (tertiary/aromatic N) is 2. The van der Waals surface area contributed by atoms with Gasteiger partial charge in [0.1, 0.15) is 5.71 Å². The second kappa shape index (κ2) is 13.2. The van der Waals surface area contributed by atoms with E-state index in [1.807, 2.05) is 61.2 Å². The number of aryl methyl sites for hydroxylation is 1. The molecule has 2 aromatic rings. The quantitative estimate of drug-likeness (QED) is 0.186. The summed E-state index contributed by atoms with van der Waals surface area (Å²) in [5.41, 5.74) is 8.93. The van der Waals surface area contributed by atoms with Gasteiger partial charge in [-0.25, -0.2) is 0 Å². The summed E-state index contributed by atoms with van der Waals surface area (Å²) in [6.45, 7) is 12.8. The van der Waals surface area contributed by atoms with Gasteiger partial charge in [0.2, 0.25) is 0 Å². The molecule has 0 radical (unpaired) electrons. The van der Waals surface area contributed by atoms with E-state index >= 15 is 0 Å². The van der Waals surface area contributed by atoms with Gasteiger partial charge in [0, 0.05) is 35.6 Å². The van der Waals surface area contributed by atoms with Gasteiger partial charge in [-0.15, -0.1) is 0 Å². The Labute approximate surface area is 229 Å². The smallest absolute Gasteiger partial charge is 0.404 e. The average molecular weight is 544 g/mol. The van der Waals surface area contributed by atoms with Crippen LogP contribution in [0, 0.1) is 12.8 Å². The van der Waals surface area contributed by atoms with Crippen molar-refractivity contribution in [1.82, 2.24) is 4.90 Å². The minimum Gasteiger partial charge on any atom is -0.404 e. The summed E-state index contributed by atoms with van der Waals surface area (Å²) in [5, 5.41) is 0.617. The van der Waals surface area contributed by atoms with E-state index in [1.165, 1.54) is 0 Å². The molecule has 0 amide bonds. The average Bonchev–Trinajstić information content (AvgIpc) is 2.88. The van der Waals surface area contributed by atoms with Crippen molar-refractivity contribution in [3.63, 3.8) is 0 Å². The molecule has 0 atom stereocenters. The van der Waals surface area contributed by atoms with E-state index in [4.69, 9.17) is 17.3 Å². The lowest BCUT2D eigenvalue weighted by atomic mass is 9.82. The highest BCUT2D eigenvalue weighted by atomic mass is 35.5. The lowest BCUT2D eigenvalue weighted by molar-refractivity contribution is -0.0587. The van der Waals surface area contributed by atoms with E-state index in [1.54, 1.807) is 6.07 Å². The molecule has 1 aliphatic rings. The van der Waals surface area contributed by atoms with Crippen LogP contribution in [0.5, 0.6) is 0 Å². The standard InChI is InChI=1S/C31H37ClF3N3/c1-21(2)25-13-15-27(16-14-25)37-30(31(33,34)35)28(19-36)23(4)38(20-24-11-9-22(3)10-12-24)18-17-26-7-5-6-8-29(26)32/h5-12,19,25,27H,1,4,13-18,20,36H2,2-3H3. The highest BCUT2D eigenvalue weighted by Gasteiger charge is 2.40. The Bertz CT molecular complexity index is 1170. The lowest BCUT2D eigenvalue weighted by Crippen LogP contribution is -2.34. The number of nitrogens with two attached hydrogens (primary N) is 1. The summed E-state index contributed by atoms with van der Waals surface area (Å²) in [4.78, 5) is 6.06. The zero-order valence-electron chi connectivity index (χ0n) is 22.2. The number of aliphatic imine (C=N–C) groups is 1. The molecule has 0 unspecified atom stereocenters. The molecule has 204 valence electrons. The van der Waals surface area contributed by atoms with Crippen LogP contribution >= 0.6 is 11.6 Å². The van der Waals surface area contributed by atoms with Crippen molar-refractivity contribution in [2.45, 2.75) is 64.7 Å². The first-order chi connectivity index (χ1) is 18.0. The molecule has 2 aromatic carbocycles. The first-order valence-corrected chi connectivity index (χ1v) is 13.3. The van der Waals surface area contributed by atoms with E-state index in [0.717, 1.165) is 41.3 Å². The van der Waals surface area contributed by atoms with Gasteiger partial charge in [-0.05, 0) is 69.1 Å². The van der Waals surface area contributed by atoms with Crippen molar-refractivity contribution in [2.24, 2.45) is 16.6 Å². The Balaban J connectivity index is 1.90. The third-order valence-corrected chi connectivity index (χ3v) is 7.56. The van der Waals surface area contributed by atoms with E-state index in [9.17, 15) is 13.2 Å². The van der Waals surface area contributed by atoms with Crippen LogP contribution < -0.4 is 5.73 Å². The zero-order valence-corrected chi connectivity index (χ0v) is 23.0. The van der Waals surface area contributed by atoms with Crippen LogP contribution in [0.3, 0.4) is 0 Å². The highest BCUT2D eigenvalue weighted by Crippen LogP contribution is 2.34. The maximum atomic E-state index is 14.4. The van der Waals surface area contributed by atoms with Crippen molar-refractivity contribution in [3.05, 3.63) is 106 Å². The fraction of sp³-hybridized carbons (Fsp3) is 0.387. The van der Waals surface area contributed by atoms with Crippen molar-refractivity contribution < 1.29 is 13.2 Å². The number of hydrogen-bond acceptors (Lipinski definition) is 3. The third-order valence-electron chi connectivity index (χ3n) is 7.19. The maximum absolute atomic E-state index is 14.4. The molecular weight excluding hydrogens is 507 g/mol. The van der Waals surface area contributed by atoms with E-state index in [2.05, 4.69) is 18.2 Å². The number of rotatable bonds is 10. The van der Waals surface area contributed by atoms with Crippen LogP contribution in [-0.4, -0.2) is 29.4 Å². The number of alkyl halides is 3. The lowest BCUT2D eigenvalue weighted by Gasteiger charge is -2.31. The minimum atomic E-state index is -4.67. The molecule has 38 heavy (non-hydrogen) atoms. The van der Waals surface area contributed by atoms with Crippen molar-refractivity contribution in [1.29, 1.82) is 0 Å². The van der Waals surface area contributed by atoms with Gasteiger partial charge in [-0.2, -0.15) is 13.2 Å². The van der Waals surface area contributed by atoms with Gasteiger partial charge in [0.05, 0.1) is 6.04 Å². The van der Waals surface area contributed by atoms with Gasteiger partial charge >= 0.3 is 6.18 Å². The predicted octanol–water partition coefficient (Wildman–Crippen LogP) is 8.19. The molecule has 0 bridgehead atoms. The summed E-state index contributed by atoms with van der Waals surface area (Å²) in [6, 6.07) is 14.9. The molecule has 1 saturated carbocycles. The monoisotopic (exact) mass is 543 g/mol. The summed E-state index contributed by atoms with van der Waals surface area (Å²) in [5.74, 6) is 0.338. The van der Waals surface area contributed by atoms with Gasteiger partial charge in [-0.1, -0.05) is 78.4 Å². The Hall–Kier alpha value is -2.99. The SMILES string of the molecule is C=C(C)C1CCC(N=C(C(=CN)C(=C)N(CCc2ccccc2Cl)Cc2ccc(C)cc2)C(F)(F)F)CC1. The second-order valence-corrected chi connectivity index (χ2v) is 10.5. The topological polar surface area (TPSA) is 41.6 Å². The highest BCUT2D eigenvalue weighted by molar-refractivity contribution is 6.31. The Morgan fingerprint density at radius 2 is 1.71 bits per heavy atom. The van der Waals surface area contributed by atoms with E-state index in [-0.39, 0.29) is 11.3 Å². The van der Waals surface area contributed by atoms with Crippen LogP contribution in [0.15, 0.2) is 89.7 Å². The molecule has 1 fully saturated rings. The second-order valence-electron chi connectivity index (χ2n) is 10.1. The van der Waals surface area contributed by atoms with Crippen LogP contribution in [-0.2, 0) is 13.0 Å². The summed E-state index contributed by atoms with van der Waals surface area (Å²) >= 11 is 6.36. The van der Waals surface area contributed by atoms with Gasteiger partial charge < -0.3 is 10.6 Å². The first-order valence-electron chi connectivity index (χ1n) is 13.0. The molecule has 1 aliphatic carbocycles. The van der Waals surface area contributed by atoms with Crippen LogP contribution in [0.1, 0.15) is 49.3 Å². The fourth-order valence-corrected chi connectivity index (χ4v) is 5.07. The van der Waals surface area contributed by atoms with Crippen molar-refractivity contribution >= 4 is 17.3 Å². The Morgan fingerprint density at radius 1 is 1.08 bits per heavy atom. The van der Waals surface area contributed by atoms with Crippen LogP contribution in [0.2, 0.25) is 5.02 Å². The molecule has 0 heterocycles. The summed E-state index contributed by atoms with van der Waals surface area (Å²) in [7, 11) is 0. The van der Waals surface area contributed by atoms with Gasteiger partial charge in [0.25, 0.3) is 0 Å². The molecule has 0 aromatic heterocycles. The molecule has 0 spiro atoms. The first kappa shape index (κ1) is 29.6. The minimum absolute atomic E-state index is 0.187. The van der Waals surface area contributed by atoms with Crippen molar-refractivity contribution in [3.8, 4) is 0 Å². The van der Waals surface area contributed by atoms with Crippen LogP contribution in [0.4, 0.5) is 13.2 Å². The Kier molecular flexibility index (Phi) is 10.3. The molecule has 2 N–H and O–H groups in total. The summed E-state index contributed by atoms with van der Waals surface area (Å²) in [6.07, 6.45) is -0.402. The van der Waals surface area contributed by atoms with Crippen molar-refractivity contribution in [2.75, 3.05) is 6.54 Å². The molecule has 7 heteroatoms. The molecule has 0 aliphatic heterocycles. The number of allylic oxidation sites excluding steroid dienone is 2. The number of benzene rings is 2. The molecule has 0 saturated heterocycles. The maximum Gasteiger partial charge on any atom is 0.433 e. The van der Waals surface area contributed by atoms with E-state index in [0.29, 0.717) is 43.3 Å². The fourth-order valence-electron chi connectivity index (χ4n) is 4.84. The van der Waals surface area contributed by atoms with E-state index < -0.39 is 17.9 Å². The predicted molar refractivity (Wildman–Crippen MR) is 152 cm³/mol. The molecule has 3 nitrogen and oxygen atoms in total. The normalized spacial score (nSPS) is 18.8. The Morgan fingerprint density at radius 3 is 2.26 bits per heavy atom. The third kappa shape index (κ3) is 8.00. The molecule has 3 rings (SSSR count). The number of hydrogen-bond donors (Lipinski definition) is 1. The summed E-state index contributed by atoms with van der Waals surface area (Å²) < 4.78 is 43.2. The van der Waals surface area contributed by atoms with Gasteiger partial charge in [-0.3, -0.25) is 4.99 Å². The molecular formula is C31H37ClF3N3. The number of halogens is 4.